The van der Waals surface area contributed by atoms with Crippen molar-refractivity contribution in [2.24, 2.45) is 0 Å². The summed E-state index contributed by atoms with van der Waals surface area (Å²) in [6.07, 6.45) is 4.13. The SMILES string of the molecule is CC1(C)C=CNN1c1ccccc1. The molecule has 1 aromatic carbocycles. The highest BCUT2D eigenvalue weighted by molar-refractivity contribution is 5.50. The third-order valence-electron chi connectivity index (χ3n) is 2.29. The molecule has 0 fully saturated rings. The molecule has 0 radical (unpaired) electrons. The van der Waals surface area contributed by atoms with Crippen LogP contribution in [0.25, 0.3) is 0 Å². The summed E-state index contributed by atoms with van der Waals surface area (Å²) < 4.78 is 0. The molecule has 0 bridgehead atoms. The summed E-state index contributed by atoms with van der Waals surface area (Å²) >= 11 is 0. The van der Waals surface area contributed by atoms with Crippen LogP contribution in [0.1, 0.15) is 13.8 Å². The zero-order valence-electron chi connectivity index (χ0n) is 7.99. The van der Waals surface area contributed by atoms with Crippen LogP contribution < -0.4 is 10.4 Å². The van der Waals surface area contributed by atoms with Crippen molar-refractivity contribution >= 4 is 5.69 Å². The molecular formula is C11H14N2. The molecule has 1 aliphatic rings. The minimum absolute atomic E-state index is 0.0569. The first-order valence-electron chi connectivity index (χ1n) is 4.49. The predicted octanol–water partition coefficient (Wildman–Crippen LogP) is 2.30. The highest BCUT2D eigenvalue weighted by Crippen LogP contribution is 2.25. The van der Waals surface area contributed by atoms with E-state index in [-0.39, 0.29) is 5.54 Å². The van der Waals surface area contributed by atoms with E-state index in [4.69, 9.17) is 0 Å². The third-order valence-corrected chi connectivity index (χ3v) is 2.29. The molecule has 0 spiro atoms. The van der Waals surface area contributed by atoms with Crippen molar-refractivity contribution < 1.29 is 0 Å². The Balaban J connectivity index is 2.29. The van der Waals surface area contributed by atoms with Crippen LogP contribution >= 0.6 is 0 Å². The first kappa shape index (κ1) is 8.17. The van der Waals surface area contributed by atoms with E-state index in [1.165, 1.54) is 5.69 Å². The quantitative estimate of drug-likeness (QED) is 0.702. The van der Waals surface area contributed by atoms with E-state index in [2.05, 4.69) is 42.5 Å². The lowest BCUT2D eigenvalue weighted by atomic mass is 10.1. The lowest BCUT2D eigenvalue weighted by molar-refractivity contribution is 0.563. The number of hydrazine groups is 1. The summed E-state index contributed by atoms with van der Waals surface area (Å²) in [7, 11) is 0. The van der Waals surface area contributed by atoms with Gasteiger partial charge in [0.15, 0.2) is 0 Å². The Bertz CT molecular complexity index is 314. The van der Waals surface area contributed by atoms with Gasteiger partial charge in [-0.25, -0.2) is 0 Å². The Morgan fingerprint density at radius 3 is 2.38 bits per heavy atom. The average Bonchev–Trinajstić information content (AvgIpc) is 2.47. The van der Waals surface area contributed by atoms with Gasteiger partial charge in [-0.2, -0.15) is 0 Å². The zero-order chi connectivity index (χ0) is 9.31. The van der Waals surface area contributed by atoms with Crippen molar-refractivity contribution in [3.05, 3.63) is 42.6 Å². The van der Waals surface area contributed by atoms with Gasteiger partial charge in [-0.1, -0.05) is 18.2 Å². The van der Waals surface area contributed by atoms with Crippen LogP contribution in [0.2, 0.25) is 0 Å². The molecule has 0 saturated carbocycles. The number of nitrogens with zero attached hydrogens (tertiary/aromatic N) is 1. The smallest absolute Gasteiger partial charge is 0.0753 e. The monoisotopic (exact) mass is 174 g/mol. The van der Waals surface area contributed by atoms with Gasteiger partial charge in [-0.3, -0.25) is 5.01 Å². The molecular weight excluding hydrogens is 160 g/mol. The summed E-state index contributed by atoms with van der Waals surface area (Å²) in [6, 6.07) is 10.3. The molecule has 0 atom stereocenters. The predicted molar refractivity (Wildman–Crippen MR) is 55.3 cm³/mol. The molecule has 2 rings (SSSR count). The maximum absolute atomic E-state index is 3.22. The number of hydrogen-bond acceptors (Lipinski definition) is 2. The van der Waals surface area contributed by atoms with E-state index in [1.54, 1.807) is 0 Å². The fraction of sp³-hybridized carbons (Fsp3) is 0.273. The number of anilines is 1. The molecule has 0 unspecified atom stereocenters. The van der Waals surface area contributed by atoms with Crippen LogP contribution in [0.15, 0.2) is 42.6 Å². The van der Waals surface area contributed by atoms with Gasteiger partial charge < -0.3 is 5.43 Å². The molecule has 0 amide bonds. The Morgan fingerprint density at radius 2 is 1.85 bits per heavy atom. The molecule has 0 aromatic heterocycles. The Morgan fingerprint density at radius 1 is 1.15 bits per heavy atom. The van der Waals surface area contributed by atoms with Crippen LogP contribution in [0, 0.1) is 0 Å². The van der Waals surface area contributed by atoms with E-state index < -0.39 is 0 Å². The van der Waals surface area contributed by atoms with Crippen LogP contribution in [0.4, 0.5) is 5.69 Å². The number of nitrogens with one attached hydrogen (secondary N) is 1. The number of para-hydroxylation sites is 1. The van der Waals surface area contributed by atoms with Crippen molar-refractivity contribution in [3.63, 3.8) is 0 Å². The summed E-state index contributed by atoms with van der Waals surface area (Å²) in [6.45, 7) is 4.35. The van der Waals surface area contributed by atoms with E-state index in [0.717, 1.165) is 0 Å². The van der Waals surface area contributed by atoms with Gasteiger partial charge in [-0.15, -0.1) is 0 Å². The van der Waals surface area contributed by atoms with Gasteiger partial charge in [-0.05, 0) is 32.1 Å². The highest BCUT2D eigenvalue weighted by atomic mass is 15.5. The first-order valence-corrected chi connectivity index (χ1v) is 4.49. The maximum atomic E-state index is 3.22. The van der Waals surface area contributed by atoms with Gasteiger partial charge in [0, 0.05) is 6.20 Å². The van der Waals surface area contributed by atoms with Crippen molar-refractivity contribution in [2.75, 3.05) is 5.01 Å². The average molecular weight is 174 g/mol. The van der Waals surface area contributed by atoms with E-state index in [0.29, 0.717) is 0 Å². The molecule has 1 aromatic rings. The molecule has 0 saturated heterocycles. The molecule has 0 aliphatic carbocycles. The minimum Gasteiger partial charge on any atom is -0.305 e. The molecule has 68 valence electrons. The summed E-state index contributed by atoms with van der Waals surface area (Å²) in [5, 5.41) is 2.15. The second-order valence-electron chi connectivity index (χ2n) is 3.79. The van der Waals surface area contributed by atoms with Crippen LogP contribution in [-0.4, -0.2) is 5.54 Å². The number of benzene rings is 1. The summed E-state index contributed by atoms with van der Waals surface area (Å²) in [5.74, 6) is 0. The second kappa shape index (κ2) is 2.80. The molecule has 1 N–H and O–H groups in total. The van der Waals surface area contributed by atoms with Gasteiger partial charge >= 0.3 is 0 Å². The van der Waals surface area contributed by atoms with Crippen LogP contribution in [0.5, 0.6) is 0 Å². The summed E-state index contributed by atoms with van der Waals surface area (Å²) in [4.78, 5) is 0. The number of hydrogen-bond donors (Lipinski definition) is 1. The fourth-order valence-corrected chi connectivity index (χ4v) is 1.54. The molecule has 2 heteroatoms. The Kier molecular flexibility index (Phi) is 1.76. The van der Waals surface area contributed by atoms with Gasteiger partial charge in [0.25, 0.3) is 0 Å². The maximum Gasteiger partial charge on any atom is 0.0753 e. The van der Waals surface area contributed by atoms with E-state index in [9.17, 15) is 0 Å². The van der Waals surface area contributed by atoms with Crippen molar-refractivity contribution in [1.29, 1.82) is 0 Å². The second-order valence-corrected chi connectivity index (χ2v) is 3.79. The van der Waals surface area contributed by atoms with Crippen LogP contribution in [0.3, 0.4) is 0 Å². The highest BCUT2D eigenvalue weighted by Gasteiger charge is 2.27. The molecule has 1 aliphatic heterocycles. The molecule has 13 heavy (non-hydrogen) atoms. The Labute approximate surface area is 78.8 Å². The molecule has 1 heterocycles. The summed E-state index contributed by atoms with van der Waals surface area (Å²) in [5.41, 5.74) is 4.46. The largest absolute Gasteiger partial charge is 0.305 e. The zero-order valence-corrected chi connectivity index (χ0v) is 7.99. The van der Waals surface area contributed by atoms with Crippen molar-refractivity contribution in [2.45, 2.75) is 19.4 Å². The molecule has 2 nitrogen and oxygen atoms in total. The lowest BCUT2D eigenvalue weighted by Crippen LogP contribution is -2.44. The van der Waals surface area contributed by atoms with Crippen LogP contribution in [-0.2, 0) is 0 Å². The van der Waals surface area contributed by atoms with Gasteiger partial charge in [0.2, 0.25) is 0 Å². The lowest BCUT2D eigenvalue weighted by Gasteiger charge is -2.32. The standard InChI is InChI=1S/C11H14N2/c1-11(2)8-9-12-13(11)10-6-4-3-5-7-10/h3-9,12H,1-2H3. The van der Waals surface area contributed by atoms with Crippen molar-refractivity contribution in [3.8, 4) is 0 Å². The number of rotatable bonds is 1. The normalized spacial score (nSPS) is 18.8. The third kappa shape index (κ3) is 1.39. The van der Waals surface area contributed by atoms with E-state index >= 15 is 0 Å². The fourth-order valence-electron chi connectivity index (χ4n) is 1.54. The Hall–Kier alpha value is -1.44. The first-order chi connectivity index (χ1) is 6.20. The van der Waals surface area contributed by atoms with Gasteiger partial charge in [0.1, 0.15) is 0 Å². The minimum atomic E-state index is 0.0569. The van der Waals surface area contributed by atoms with Crippen molar-refractivity contribution in [1.82, 2.24) is 5.43 Å². The topological polar surface area (TPSA) is 15.3 Å². The van der Waals surface area contributed by atoms with E-state index in [1.807, 2.05) is 24.4 Å². The van der Waals surface area contributed by atoms with Gasteiger partial charge in [0.05, 0.1) is 11.2 Å².